The van der Waals surface area contributed by atoms with Crippen molar-refractivity contribution in [3.05, 3.63) is 71.2 Å². The number of allylic oxidation sites excluding steroid dienone is 1. The Morgan fingerprint density at radius 1 is 1.12 bits per heavy atom. The zero-order valence-electron chi connectivity index (χ0n) is 17.6. The van der Waals surface area contributed by atoms with Crippen molar-refractivity contribution in [2.24, 2.45) is 0 Å². The Hall–Kier alpha value is -2.81. The molecule has 0 radical (unpaired) electrons. The van der Waals surface area contributed by atoms with Gasteiger partial charge in [0, 0.05) is 28.8 Å². The van der Waals surface area contributed by atoms with Gasteiger partial charge in [-0.1, -0.05) is 47.6 Å². The Morgan fingerprint density at radius 2 is 1.94 bits per heavy atom. The number of aromatic nitrogens is 4. The first-order valence-corrected chi connectivity index (χ1v) is 12.0. The highest BCUT2D eigenvalue weighted by molar-refractivity contribution is 7.98. The molecule has 164 valence electrons. The molecular formula is C23H21ClN4O2S2. The van der Waals surface area contributed by atoms with E-state index in [1.165, 1.54) is 0 Å². The maximum atomic E-state index is 6.31. The Balaban J connectivity index is 1.56. The van der Waals surface area contributed by atoms with Crippen molar-refractivity contribution in [1.82, 2.24) is 19.7 Å². The zero-order valence-corrected chi connectivity index (χ0v) is 20.0. The molecule has 9 heteroatoms. The highest BCUT2D eigenvalue weighted by Gasteiger charge is 2.17. The van der Waals surface area contributed by atoms with E-state index in [1.807, 2.05) is 53.1 Å². The largest absolute Gasteiger partial charge is 0.493 e. The molecule has 32 heavy (non-hydrogen) atoms. The molecule has 0 spiro atoms. The van der Waals surface area contributed by atoms with Crippen molar-refractivity contribution in [3.8, 4) is 33.5 Å². The molecule has 0 N–H and O–H groups in total. The Bertz CT molecular complexity index is 1240. The normalized spacial score (nSPS) is 10.8. The van der Waals surface area contributed by atoms with E-state index in [4.69, 9.17) is 26.1 Å². The lowest BCUT2D eigenvalue weighted by Crippen LogP contribution is -2.01. The number of methoxy groups -OCH3 is 2. The van der Waals surface area contributed by atoms with Crippen LogP contribution in [0.4, 0.5) is 0 Å². The molecule has 0 aliphatic heterocycles. The lowest BCUT2D eigenvalue weighted by atomic mass is 10.2. The first-order valence-electron chi connectivity index (χ1n) is 9.73. The van der Waals surface area contributed by atoms with Crippen LogP contribution in [-0.2, 0) is 12.3 Å². The lowest BCUT2D eigenvalue weighted by Gasteiger charge is -2.11. The molecule has 6 nitrogen and oxygen atoms in total. The maximum absolute atomic E-state index is 6.31. The molecule has 0 atom stereocenters. The van der Waals surface area contributed by atoms with Crippen molar-refractivity contribution >= 4 is 34.7 Å². The zero-order chi connectivity index (χ0) is 22.5. The highest BCUT2D eigenvalue weighted by atomic mass is 35.5. The topological polar surface area (TPSA) is 62.1 Å². The Morgan fingerprint density at radius 3 is 2.69 bits per heavy atom. The van der Waals surface area contributed by atoms with Gasteiger partial charge in [-0.05, 0) is 24.3 Å². The van der Waals surface area contributed by atoms with Gasteiger partial charge >= 0.3 is 0 Å². The third-order valence-electron chi connectivity index (χ3n) is 4.68. The Labute approximate surface area is 199 Å². The van der Waals surface area contributed by atoms with Gasteiger partial charge in [-0.15, -0.1) is 28.1 Å². The molecule has 4 aromatic rings. The molecule has 0 aliphatic carbocycles. The number of thiazole rings is 1. The van der Waals surface area contributed by atoms with Crippen LogP contribution < -0.4 is 9.47 Å². The molecular weight excluding hydrogens is 464 g/mol. The van der Waals surface area contributed by atoms with Crippen LogP contribution >= 0.6 is 34.7 Å². The van der Waals surface area contributed by atoms with Crippen LogP contribution in [0.1, 0.15) is 5.69 Å². The van der Waals surface area contributed by atoms with Gasteiger partial charge in [0.15, 0.2) is 22.5 Å². The molecule has 0 bridgehead atoms. The number of hydrogen-bond acceptors (Lipinski definition) is 7. The number of rotatable bonds is 9. The molecule has 0 amide bonds. The summed E-state index contributed by atoms with van der Waals surface area (Å²) in [6, 6.07) is 13.4. The van der Waals surface area contributed by atoms with E-state index in [2.05, 4.69) is 22.2 Å². The third-order valence-corrected chi connectivity index (χ3v) is 6.93. The van der Waals surface area contributed by atoms with Gasteiger partial charge in [-0.25, -0.2) is 4.98 Å². The number of halogens is 1. The van der Waals surface area contributed by atoms with Gasteiger partial charge in [0.2, 0.25) is 0 Å². The number of thioether (sulfide) groups is 1. The van der Waals surface area contributed by atoms with Gasteiger partial charge in [0.1, 0.15) is 5.01 Å². The van der Waals surface area contributed by atoms with Crippen molar-refractivity contribution in [2.75, 3.05) is 14.2 Å². The third kappa shape index (κ3) is 4.67. The van der Waals surface area contributed by atoms with Crippen molar-refractivity contribution in [1.29, 1.82) is 0 Å². The molecule has 0 fully saturated rings. The molecule has 0 saturated carbocycles. The van der Waals surface area contributed by atoms with Gasteiger partial charge in [0.25, 0.3) is 0 Å². The quantitative estimate of drug-likeness (QED) is 0.207. The summed E-state index contributed by atoms with van der Waals surface area (Å²) >= 11 is 9.48. The average molecular weight is 485 g/mol. The summed E-state index contributed by atoms with van der Waals surface area (Å²) in [5.41, 5.74) is 2.80. The maximum Gasteiger partial charge on any atom is 0.192 e. The van der Waals surface area contributed by atoms with Crippen molar-refractivity contribution < 1.29 is 9.47 Å². The fraction of sp³-hybridized carbons (Fsp3) is 0.174. The van der Waals surface area contributed by atoms with Crippen LogP contribution in [0.5, 0.6) is 11.5 Å². The lowest BCUT2D eigenvalue weighted by molar-refractivity contribution is 0.355. The van der Waals surface area contributed by atoms with Crippen LogP contribution in [0.3, 0.4) is 0 Å². The molecule has 0 saturated heterocycles. The molecule has 2 heterocycles. The molecule has 2 aromatic carbocycles. The second kappa shape index (κ2) is 10.2. The number of ether oxygens (including phenoxy) is 2. The summed E-state index contributed by atoms with van der Waals surface area (Å²) in [5.74, 6) is 2.71. The molecule has 0 unspecified atom stereocenters. The fourth-order valence-electron chi connectivity index (χ4n) is 3.15. The SMILES string of the molecule is C=CCn1c(SCc2csc(-c3ccccc3Cl)n2)nnc1-c1ccc(OC)c(OC)c1. The fourth-order valence-corrected chi connectivity index (χ4v) is 5.23. The van der Waals surface area contributed by atoms with E-state index >= 15 is 0 Å². The molecule has 0 aliphatic rings. The Kier molecular flexibility index (Phi) is 7.14. The van der Waals surface area contributed by atoms with E-state index < -0.39 is 0 Å². The van der Waals surface area contributed by atoms with E-state index in [0.717, 1.165) is 32.8 Å². The first kappa shape index (κ1) is 22.4. The first-order chi connectivity index (χ1) is 15.6. The summed E-state index contributed by atoms with van der Waals surface area (Å²) in [6.45, 7) is 4.47. The number of nitrogens with zero attached hydrogens (tertiary/aromatic N) is 4. The monoisotopic (exact) mass is 484 g/mol. The second-order valence-corrected chi connectivity index (χ2v) is 8.90. The summed E-state index contributed by atoms with van der Waals surface area (Å²) in [6.07, 6.45) is 1.83. The van der Waals surface area contributed by atoms with Crippen molar-refractivity contribution in [3.63, 3.8) is 0 Å². The minimum Gasteiger partial charge on any atom is -0.493 e. The van der Waals surface area contributed by atoms with E-state index in [-0.39, 0.29) is 0 Å². The van der Waals surface area contributed by atoms with Crippen molar-refractivity contribution in [2.45, 2.75) is 17.5 Å². The summed E-state index contributed by atoms with van der Waals surface area (Å²) in [7, 11) is 3.23. The number of hydrogen-bond donors (Lipinski definition) is 0. The van der Waals surface area contributed by atoms with Gasteiger partial charge in [-0.3, -0.25) is 4.57 Å². The predicted octanol–water partition coefficient (Wildman–Crippen LogP) is 6.22. The van der Waals surface area contributed by atoms with E-state index in [0.29, 0.717) is 28.8 Å². The smallest absolute Gasteiger partial charge is 0.192 e. The molecule has 2 aromatic heterocycles. The predicted molar refractivity (Wildman–Crippen MR) is 131 cm³/mol. The standard InChI is InChI=1S/C23H21ClN4O2S2/c1-4-11-28-21(15-9-10-19(29-2)20(12-15)30-3)26-27-23(28)32-14-16-13-31-22(25-16)17-7-5-6-8-18(17)24/h4-10,12-13H,1,11,14H2,2-3H3. The van der Waals surface area contributed by atoms with Crippen LogP contribution in [0.25, 0.3) is 22.0 Å². The van der Waals surface area contributed by atoms with Crippen LogP contribution in [0.15, 0.2) is 65.7 Å². The van der Waals surface area contributed by atoms with Crippen LogP contribution in [0.2, 0.25) is 5.02 Å². The van der Waals surface area contributed by atoms with Crippen LogP contribution in [-0.4, -0.2) is 34.0 Å². The minimum atomic E-state index is 0.584. The minimum absolute atomic E-state index is 0.584. The summed E-state index contributed by atoms with van der Waals surface area (Å²) in [4.78, 5) is 4.74. The summed E-state index contributed by atoms with van der Waals surface area (Å²) in [5, 5.41) is 13.3. The van der Waals surface area contributed by atoms with Crippen LogP contribution in [0, 0.1) is 0 Å². The second-order valence-electron chi connectivity index (χ2n) is 6.69. The number of benzene rings is 2. The highest BCUT2D eigenvalue weighted by Crippen LogP contribution is 2.34. The van der Waals surface area contributed by atoms with Gasteiger partial charge in [0.05, 0.1) is 24.9 Å². The molecule has 4 rings (SSSR count). The average Bonchev–Trinajstić information content (AvgIpc) is 3.45. The van der Waals surface area contributed by atoms with E-state index in [9.17, 15) is 0 Å². The van der Waals surface area contributed by atoms with Gasteiger partial charge < -0.3 is 9.47 Å². The van der Waals surface area contributed by atoms with E-state index in [1.54, 1.807) is 37.3 Å². The van der Waals surface area contributed by atoms with Gasteiger partial charge in [-0.2, -0.15) is 0 Å². The summed E-state index contributed by atoms with van der Waals surface area (Å²) < 4.78 is 12.8.